The van der Waals surface area contributed by atoms with Gasteiger partial charge in [0, 0.05) is 5.54 Å². The fraction of sp³-hybridized carbons (Fsp3) is 0.400. The first-order chi connectivity index (χ1) is 9.96. The molecule has 1 atom stereocenters. The Kier molecular flexibility index (Phi) is 4.84. The molecule has 0 radical (unpaired) electrons. The Balaban J connectivity index is 2.42. The highest BCUT2D eigenvalue weighted by Gasteiger charge is 2.27. The molecule has 1 heteroatoms. The third-order valence-corrected chi connectivity index (χ3v) is 4.38. The Hall–Kier alpha value is -1.60. The van der Waals surface area contributed by atoms with E-state index in [2.05, 4.69) is 70.2 Å². The van der Waals surface area contributed by atoms with Gasteiger partial charge in [-0.15, -0.1) is 0 Å². The molecule has 2 aromatic carbocycles. The molecule has 0 aromatic heterocycles. The molecule has 0 aliphatic heterocycles. The molecule has 21 heavy (non-hydrogen) atoms. The summed E-state index contributed by atoms with van der Waals surface area (Å²) in [5, 5.41) is 0. The van der Waals surface area contributed by atoms with Crippen LogP contribution >= 0.6 is 0 Å². The number of rotatable bonds is 5. The van der Waals surface area contributed by atoms with Crippen LogP contribution in [0.25, 0.3) is 0 Å². The van der Waals surface area contributed by atoms with E-state index in [4.69, 9.17) is 5.73 Å². The lowest BCUT2D eigenvalue weighted by molar-refractivity contribution is 0.399. The van der Waals surface area contributed by atoms with E-state index in [-0.39, 0.29) is 5.54 Å². The number of aryl methyl sites for hydroxylation is 3. The Morgan fingerprint density at radius 3 is 2.05 bits per heavy atom. The van der Waals surface area contributed by atoms with Crippen molar-refractivity contribution in [2.45, 2.75) is 52.5 Å². The SMILES string of the molecule is CCCC(N)(Cc1c(C)cc(C)cc1C)c1ccccc1. The van der Waals surface area contributed by atoms with Crippen molar-refractivity contribution in [3.8, 4) is 0 Å². The zero-order chi connectivity index (χ0) is 15.5. The van der Waals surface area contributed by atoms with E-state index in [9.17, 15) is 0 Å². The summed E-state index contributed by atoms with van der Waals surface area (Å²) in [6.45, 7) is 8.77. The fourth-order valence-corrected chi connectivity index (χ4v) is 3.36. The van der Waals surface area contributed by atoms with Crippen LogP contribution in [0.1, 0.15) is 47.6 Å². The molecule has 2 aromatic rings. The molecule has 0 saturated carbocycles. The van der Waals surface area contributed by atoms with Gasteiger partial charge in [-0.25, -0.2) is 0 Å². The van der Waals surface area contributed by atoms with Crippen LogP contribution in [-0.2, 0) is 12.0 Å². The predicted octanol–water partition coefficient (Wildman–Crippen LogP) is 4.81. The van der Waals surface area contributed by atoms with E-state index in [1.807, 2.05) is 0 Å². The summed E-state index contributed by atoms with van der Waals surface area (Å²) in [6.07, 6.45) is 3.00. The van der Waals surface area contributed by atoms with Crippen LogP contribution in [0.15, 0.2) is 42.5 Å². The maximum Gasteiger partial charge on any atom is 0.0450 e. The summed E-state index contributed by atoms with van der Waals surface area (Å²) in [6, 6.07) is 15.1. The summed E-state index contributed by atoms with van der Waals surface area (Å²) in [7, 11) is 0. The van der Waals surface area contributed by atoms with Crippen LogP contribution in [0, 0.1) is 20.8 Å². The van der Waals surface area contributed by atoms with Crippen molar-refractivity contribution in [2.24, 2.45) is 5.73 Å². The summed E-state index contributed by atoms with van der Waals surface area (Å²) in [4.78, 5) is 0. The molecule has 1 unspecified atom stereocenters. The molecular weight excluding hydrogens is 254 g/mol. The molecule has 0 aliphatic rings. The second-order valence-corrected chi connectivity index (χ2v) is 6.33. The molecular formula is C20H27N. The Bertz CT molecular complexity index is 577. The van der Waals surface area contributed by atoms with E-state index in [1.54, 1.807) is 0 Å². The van der Waals surface area contributed by atoms with Gasteiger partial charge in [0.1, 0.15) is 0 Å². The van der Waals surface area contributed by atoms with Crippen molar-refractivity contribution < 1.29 is 0 Å². The van der Waals surface area contributed by atoms with Crippen molar-refractivity contribution in [3.63, 3.8) is 0 Å². The Morgan fingerprint density at radius 2 is 1.52 bits per heavy atom. The van der Waals surface area contributed by atoms with Crippen LogP contribution in [0.4, 0.5) is 0 Å². The number of nitrogens with two attached hydrogens (primary N) is 1. The van der Waals surface area contributed by atoms with Crippen LogP contribution in [-0.4, -0.2) is 0 Å². The second kappa shape index (κ2) is 6.44. The van der Waals surface area contributed by atoms with Gasteiger partial charge in [0.05, 0.1) is 0 Å². The normalized spacial score (nSPS) is 14.0. The van der Waals surface area contributed by atoms with Crippen molar-refractivity contribution in [2.75, 3.05) is 0 Å². The van der Waals surface area contributed by atoms with Gasteiger partial charge in [-0.2, -0.15) is 0 Å². The first-order valence-corrected chi connectivity index (χ1v) is 7.87. The highest BCUT2D eigenvalue weighted by Crippen LogP contribution is 2.31. The van der Waals surface area contributed by atoms with E-state index in [0.717, 1.165) is 19.3 Å². The number of hydrogen-bond acceptors (Lipinski definition) is 1. The minimum absolute atomic E-state index is 0.277. The molecule has 0 saturated heterocycles. The third-order valence-electron chi connectivity index (χ3n) is 4.38. The first kappa shape index (κ1) is 15.8. The summed E-state index contributed by atoms with van der Waals surface area (Å²) in [5.41, 5.74) is 13.2. The predicted molar refractivity (Wildman–Crippen MR) is 91.6 cm³/mol. The van der Waals surface area contributed by atoms with Gasteiger partial charge in [-0.1, -0.05) is 61.4 Å². The van der Waals surface area contributed by atoms with E-state index in [0.29, 0.717) is 0 Å². The highest BCUT2D eigenvalue weighted by atomic mass is 14.7. The quantitative estimate of drug-likeness (QED) is 0.836. The average Bonchev–Trinajstić information content (AvgIpc) is 2.44. The minimum Gasteiger partial charge on any atom is -0.321 e. The van der Waals surface area contributed by atoms with E-state index < -0.39 is 0 Å². The Labute approximate surface area is 129 Å². The molecule has 0 amide bonds. The molecule has 2 rings (SSSR count). The van der Waals surface area contributed by atoms with Crippen molar-refractivity contribution in [1.29, 1.82) is 0 Å². The van der Waals surface area contributed by atoms with Gasteiger partial charge in [-0.3, -0.25) is 0 Å². The Morgan fingerprint density at radius 1 is 0.952 bits per heavy atom. The van der Waals surface area contributed by atoms with Crippen molar-refractivity contribution in [1.82, 2.24) is 0 Å². The van der Waals surface area contributed by atoms with Gasteiger partial charge in [0.15, 0.2) is 0 Å². The van der Waals surface area contributed by atoms with E-state index >= 15 is 0 Å². The average molecular weight is 281 g/mol. The van der Waals surface area contributed by atoms with E-state index in [1.165, 1.54) is 27.8 Å². The number of benzene rings is 2. The molecule has 0 heterocycles. The molecule has 1 nitrogen and oxygen atoms in total. The van der Waals surface area contributed by atoms with Gasteiger partial charge >= 0.3 is 0 Å². The standard InChI is InChI=1S/C20H27N/c1-5-11-20(21,18-9-7-6-8-10-18)14-19-16(3)12-15(2)13-17(19)4/h6-10,12-13H,5,11,14,21H2,1-4H3. The maximum atomic E-state index is 6.84. The smallest absolute Gasteiger partial charge is 0.0450 e. The van der Waals surface area contributed by atoms with Crippen LogP contribution in [0.5, 0.6) is 0 Å². The molecule has 0 bridgehead atoms. The zero-order valence-electron chi connectivity index (χ0n) is 13.7. The lowest BCUT2D eigenvalue weighted by Gasteiger charge is -2.31. The second-order valence-electron chi connectivity index (χ2n) is 6.33. The fourth-order valence-electron chi connectivity index (χ4n) is 3.36. The van der Waals surface area contributed by atoms with Gasteiger partial charge < -0.3 is 5.73 Å². The maximum absolute atomic E-state index is 6.84. The largest absolute Gasteiger partial charge is 0.321 e. The molecule has 0 aliphatic carbocycles. The zero-order valence-corrected chi connectivity index (χ0v) is 13.7. The van der Waals surface area contributed by atoms with Crippen LogP contribution in [0.2, 0.25) is 0 Å². The lowest BCUT2D eigenvalue weighted by Crippen LogP contribution is -2.39. The molecule has 112 valence electrons. The van der Waals surface area contributed by atoms with Crippen molar-refractivity contribution in [3.05, 3.63) is 70.3 Å². The third kappa shape index (κ3) is 3.54. The highest BCUT2D eigenvalue weighted by molar-refractivity contribution is 5.40. The minimum atomic E-state index is -0.277. The van der Waals surface area contributed by atoms with Crippen LogP contribution in [0.3, 0.4) is 0 Å². The monoisotopic (exact) mass is 281 g/mol. The molecule has 0 spiro atoms. The van der Waals surface area contributed by atoms with Gasteiger partial charge in [0.25, 0.3) is 0 Å². The summed E-state index contributed by atoms with van der Waals surface area (Å²) in [5.74, 6) is 0. The van der Waals surface area contributed by atoms with Crippen LogP contribution < -0.4 is 5.73 Å². The van der Waals surface area contributed by atoms with Gasteiger partial charge in [0.2, 0.25) is 0 Å². The molecule has 2 N–H and O–H groups in total. The first-order valence-electron chi connectivity index (χ1n) is 7.87. The molecule has 0 fully saturated rings. The van der Waals surface area contributed by atoms with Crippen molar-refractivity contribution >= 4 is 0 Å². The topological polar surface area (TPSA) is 26.0 Å². The number of hydrogen-bond donors (Lipinski definition) is 1. The van der Waals surface area contributed by atoms with Gasteiger partial charge in [-0.05, 0) is 55.9 Å². The lowest BCUT2D eigenvalue weighted by atomic mass is 9.79. The summed E-state index contributed by atoms with van der Waals surface area (Å²) < 4.78 is 0. The summed E-state index contributed by atoms with van der Waals surface area (Å²) >= 11 is 0.